The number of nitrogens with one attached hydrogen (secondary N) is 2. The normalized spacial score (nSPS) is 10.8. The van der Waals surface area contributed by atoms with Crippen molar-refractivity contribution >= 4 is 45.9 Å². The zero-order valence-electron chi connectivity index (χ0n) is 17.1. The molecule has 3 aromatic rings. The maximum atomic E-state index is 12.5. The second kappa shape index (κ2) is 9.09. The highest BCUT2D eigenvalue weighted by Crippen LogP contribution is 2.29. The molecule has 2 N–H and O–H groups in total. The Morgan fingerprint density at radius 2 is 1.69 bits per heavy atom. The monoisotopic (exact) mass is 407 g/mol. The molecule has 0 saturated carbocycles. The van der Waals surface area contributed by atoms with E-state index >= 15 is 0 Å². The van der Waals surface area contributed by atoms with Crippen LogP contribution in [0.5, 0.6) is 0 Å². The predicted octanol–water partition coefficient (Wildman–Crippen LogP) is 5.10. The summed E-state index contributed by atoms with van der Waals surface area (Å²) >= 11 is 1.45. The summed E-state index contributed by atoms with van der Waals surface area (Å²) in [5, 5.41) is 7.67. The summed E-state index contributed by atoms with van der Waals surface area (Å²) in [6, 6.07) is 13.5. The number of nitrogens with zero attached hydrogens (tertiary/aromatic N) is 1. The van der Waals surface area contributed by atoms with Crippen molar-refractivity contribution in [1.82, 2.24) is 4.98 Å². The average molecular weight is 408 g/mol. The molecule has 3 rings (SSSR count). The highest BCUT2D eigenvalue weighted by Gasteiger charge is 2.12. The molecule has 150 valence electrons. The number of thioether (sulfide) groups is 1. The summed E-state index contributed by atoms with van der Waals surface area (Å²) < 4.78 is 0. The predicted molar refractivity (Wildman–Crippen MR) is 121 cm³/mol. The molecule has 2 amide bonds. The van der Waals surface area contributed by atoms with E-state index in [1.54, 1.807) is 24.3 Å². The van der Waals surface area contributed by atoms with Gasteiger partial charge >= 0.3 is 0 Å². The van der Waals surface area contributed by atoms with Crippen LogP contribution in [0.3, 0.4) is 0 Å². The lowest BCUT2D eigenvalue weighted by Crippen LogP contribution is -2.15. The van der Waals surface area contributed by atoms with Crippen LogP contribution in [0, 0.1) is 13.8 Å². The molecule has 1 aromatic heterocycles. The molecular formula is C23H25N3O2S. The molecule has 5 nitrogen and oxygen atoms in total. The molecule has 2 aromatic carbocycles. The van der Waals surface area contributed by atoms with Crippen LogP contribution in [0.1, 0.15) is 30.5 Å². The van der Waals surface area contributed by atoms with Gasteiger partial charge in [0.2, 0.25) is 11.8 Å². The summed E-state index contributed by atoms with van der Waals surface area (Å²) in [6.07, 6.45) is 0.860. The second-order valence-electron chi connectivity index (χ2n) is 7.00. The van der Waals surface area contributed by atoms with Crippen LogP contribution in [0.25, 0.3) is 10.9 Å². The Labute approximate surface area is 175 Å². The van der Waals surface area contributed by atoms with Crippen LogP contribution < -0.4 is 10.6 Å². The quantitative estimate of drug-likeness (QED) is 0.558. The number of amides is 2. The Morgan fingerprint density at radius 3 is 2.38 bits per heavy atom. The first-order chi connectivity index (χ1) is 13.9. The average Bonchev–Trinajstić information content (AvgIpc) is 2.68. The lowest BCUT2D eigenvalue weighted by Gasteiger charge is -2.12. The van der Waals surface area contributed by atoms with Gasteiger partial charge in [0.15, 0.2) is 0 Å². The minimum Gasteiger partial charge on any atom is -0.326 e. The third-order valence-electron chi connectivity index (χ3n) is 4.63. The molecule has 0 saturated heterocycles. The number of aryl methyl sites for hydroxylation is 3. The van der Waals surface area contributed by atoms with Crippen molar-refractivity contribution in [3.63, 3.8) is 0 Å². The maximum Gasteiger partial charge on any atom is 0.234 e. The van der Waals surface area contributed by atoms with Crippen LogP contribution in [0.2, 0.25) is 0 Å². The van der Waals surface area contributed by atoms with Crippen molar-refractivity contribution in [3.05, 3.63) is 59.2 Å². The van der Waals surface area contributed by atoms with Gasteiger partial charge in [0.25, 0.3) is 0 Å². The lowest BCUT2D eigenvalue weighted by molar-refractivity contribution is -0.114. The molecule has 0 aliphatic carbocycles. The Hall–Kier alpha value is -2.86. The second-order valence-corrected chi connectivity index (χ2v) is 7.96. The van der Waals surface area contributed by atoms with E-state index in [4.69, 9.17) is 4.98 Å². The molecular weight excluding hydrogens is 382 g/mol. The van der Waals surface area contributed by atoms with Crippen LogP contribution in [-0.4, -0.2) is 22.6 Å². The Kier molecular flexibility index (Phi) is 6.54. The first kappa shape index (κ1) is 20.9. The number of carbonyl (C=O) groups is 2. The van der Waals surface area contributed by atoms with Gasteiger partial charge < -0.3 is 10.6 Å². The zero-order chi connectivity index (χ0) is 21.0. The van der Waals surface area contributed by atoms with Crippen molar-refractivity contribution in [2.24, 2.45) is 0 Å². The molecule has 0 fully saturated rings. The van der Waals surface area contributed by atoms with Gasteiger partial charge in [0, 0.05) is 23.7 Å². The SMILES string of the molecule is CCc1cc2c(C)ccc(C)c2nc1SCC(=O)Nc1cccc(NC(C)=O)c1. The fourth-order valence-corrected chi connectivity index (χ4v) is 4.03. The van der Waals surface area contributed by atoms with E-state index in [0.29, 0.717) is 11.4 Å². The van der Waals surface area contributed by atoms with Crippen molar-refractivity contribution in [3.8, 4) is 0 Å². The van der Waals surface area contributed by atoms with Crippen LogP contribution in [-0.2, 0) is 16.0 Å². The van der Waals surface area contributed by atoms with E-state index in [-0.39, 0.29) is 17.6 Å². The fraction of sp³-hybridized carbons (Fsp3) is 0.261. The number of aromatic nitrogens is 1. The standard InChI is InChI=1S/C23H25N3O2S/c1-5-17-11-20-14(2)9-10-15(3)22(20)26-23(17)29-13-21(28)25-19-8-6-7-18(12-19)24-16(4)27/h6-12H,5,13H2,1-4H3,(H,24,27)(H,25,28). The molecule has 0 radical (unpaired) electrons. The lowest BCUT2D eigenvalue weighted by atomic mass is 10.0. The van der Waals surface area contributed by atoms with Crippen molar-refractivity contribution in [2.45, 2.75) is 39.1 Å². The summed E-state index contributed by atoms with van der Waals surface area (Å²) in [7, 11) is 0. The summed E-state index contributed by atoms with van der Waals surface area (Å²) in [5.74, 6) is 0.00436. The minimum absolute atomic E-state index is 0.111. The molecule has 1 heterocycles. The number of hydrogen-bond acceptors (Lipinski definition) is 4. The number of carbonyl (C=O) groups excluding carboxylic acids is 2. The largest absolute Gasteiger partial charge is 0.326 e. The molecule has 6 heteroatoms. The van der Waals surface area contributed by atoms with Gasteiger partial charge in [0.1, 0.15) is 5.03 Å². The maximum absolute atomic E-state index is 12.5. The third kappa shape index (κ3) is 5.15. The number of benzene rings is 2. The fourth-order valence-electron chi connectivity index (χ4n) is 3.15. The van der Waals surface area contributed by atoms with E-state index < -0.39 is 0 Å². The molecule has 0 unspecified atom stereocenters. The number of hydrogen-bond donors (Lipinski definition) is 2. The number of pyridine rings is 1. The van der Waals surface area contributed by atoms with Crippen molar-refractivity contribution < 1.29 is 9.59 Å². The van der Waals surface area contributed by atoms with Crippen LogP contribution >= 0.6 is 11.8 Å². The number of fused-ring (bicyclic) bond motifs is 1. The van der Waals surface area contributed by atoms with E-state index in [1.165, 1.54) is 29.6 Å². The van der Waals surface area contributed by atoms with Gasteiger partial charge in [0.05, 0.1) is 11.3 Å². The number of rotatable bonds is 6. The minimum atomic E-state index is -0.149. The van der Waals surface area contributed by atoms with Gasteiger partial charge in [-0.25, -0.2) is 4.98 Å². The molecule has 0 atom stereocenters. The highest BCUT2D eigenvalue weighted by molar-refractivity contribution is 8.00. The van der Waals surface area contributed by atoms with Gasteiger partial charge in [-0.1, -0.05) is 36.9 Å². The third-order valence-corrected chi connectivity index (χ3v) is 5.66. The first-order valence-electron chi connectivity index (χ1n) is 9.57. The van der Waals surface area contributed by atoms with Crippen molar-refractivity contribution in [1.29, 1.82) is 0 Å². The van der Waals surface area contributed by atoms with Crippen LogP contribution in [0.15, 0.2) is 47.5 Å². The highest BCUT2D eigenvalue weighted by atomic mass is 32.2. The molecule has 0 spiro atoms. The zero-order valence-corrected chi connectivity index (χ0v) is 17.9. The van der Waals surface area contributed by atoms with Gasteiger partial charge in [-0.05, 0) is 61.2 Å². The summed E-state index contributed by atoms with van der Waals surface area (Å²) in [4.78, 5) is 28.5. The van der Waals surface area contributed by atoms with E-state index in [0.717, 1.165) is 28.1 Å². The molecule has 0 aliphatic rings. The van der Waals surface area contributed by atoms with E-state index in [9.17, 15) is 9.59 Å². The number of anilines is 2. The smallest absolute Gasteiger partial charge is 0.234 e. The van der Waals surface area contributed by atoms with E-state index in [2.05, 4.69) is 49.6 Å². The van der Waals surface area contributed by atoms with Crippen LogP contribution in [0.4, 0.5) is 11.4 Å². The van der Waals surface area contributed by atoms with E-state index in [1.807, 2.05) is 0 Å². The Morgan fingerprint density at radius 1 is 1.00 bits per heavy atom. The van der Waals surface area contributed by atoms with Crippen molar-refractivity contribution in [2.75, 3.05) is 16.4 Å². The first-order valence-corrected chi connectivity index (χ1v) is 10.6. The summed E-state index contributed by atoms with van der Waals surface area (Å²) in [6.45, 7) is 7.71. The molecule has 0 bridgehead atoms. The molecule has 29 heavy (non-hydrogen) atoms. The van der Waals surface area contributed by atoms with Gasteiger partial charge in [-0.3, -0.25) is 9.59 Å². The molecule has 0 aliphatic heterocycles. The topological polar surface area (TPSA) is 71.1 Å². The van der Waals surface area contributed by atoms with Gasteiger partial charge in [-0.2, -0.15) is 0 Å². The summed E-state index contributed by atoms with van der Waals surface area (Å²) in [5.41, 5.74) is 5.79. The Balaban J connectivity index is 1.74. The van der Waals surface area contributed by atoms with Gasteiger partial charge in [-0.15, -0.1) is 0 Å². The Bertz CT molecular complexity index is 1080.